The van der Waals surface area contributed by atoms with Crippen LogP contribution in [0.4, 0.5) is 13.6 Å². The Bertz CT molecular complexity index is 1190. The molecular formula is C24H23F2N3O5. The van der Waals surface area contributed by atoms with Crippen LogP contribution in [0, 0.1) is 11.6 Å². The number of halogens is 2. The number of ether oxygens (including phenoxy) is 2. The van der Waals surface area contributed by atoms with Gasteiger partial charge in [0.15, 0.2) is 11.5 Å². The van der Waals surface area contributed by atoms with Gasteiger partial charge in [-0.15, -0.1) is 0 Å². The topological polar surface area (TPSA) is 88.2 Å². The first kappa shape index (κ1) is 22.1. The van der Waals surface area contributed by atoms with Gasteiger partial charge in [0.1, 0.15) is 36.9 Å². The number of nitrogens with one attached hydrogen (secondary N) is 1. The van der Waals surface area contributed by atoms with E-state index < -0.39 is 41.6 Å². The van der Waals surface area contributed by atoms with Gasteiger partial charge in [0.2, 0.25) is 5.91 Å². The highest BCUT2D eigenvalue weighted by Gasteiger charge is 2.51. The van der Waals surface area contributed by atoms with E-state index in [1.807, 2.05) is 12.1 Å². The number of fused-ring (bicyclic) bond motifs is 1. The van der Waals surface area contributed by atoms with Gasteiger partial charge in [0, 0.05) is 12.1 Å². The van der Waals surface area contributed by atoms with Crippen molar-refractivity contribution in [1.82, 2.24) is 15.1 Å². The number of urea groups is 1. The van der Waals surface area contributed by atoms with Gasteiger partial charge in [-0.25, -0.2) is 13.6 Å². The van der Waals surface area contributed by atoms with Crippen LogP contribution in [-0.2, 0) is 15.1 Å². The van der Waals surface area contributed by atoms with Crippen LogP contribution in [0.2, 0.25) is 0 Å². The van der Waals surface area contributed by atoms with Crippen molar-refractivity contribution >= 4 is 17.8 Å². The molecule has 0 spiro atoms. The quantitative estimate of drug-likeness (QED) is 0.693. The van der Waals surface area contributed by atoms with Crippen molar-refractivity contribution in [2.45, 2.75) is 31.3 Å². The number of likely N-dealkylation sites (tertiary alicyclic amines) is 1. The van der Waals surface area contributed by atoms with Crippen LogP contribution in [0.3, 0.4) is 0 Å². The third-order valence-electron chi connectivity index (χ3n) is 6.56. The van der Waals surface area contributed by atoms with Crippen molar-refractivity contribution in [2.24, 2.45) is 0 Å². The van der Waals surface area contributed by atoms with E-state index in [0.717, 1.165) is 41.5 Å². The monoisotopic (exact) mass is 471 g/mol. The standard InChI is InChI=1S/C24H23F2N3O5/c1-24(16-12-15(25)5-6-17(16)26)22(31)29(23(32)27-24)13-21(30)28-8-2-3-18(28)14-4-7-19-20(11-14)34-10-9-33-19/h4-7,11-12,18H,2-3,8-10,13H2,1H3,(H,27,32)/t18-,24+/m0/s1. The Morgan fingerprint density at radius 1 is 1.12 bits per heavy atom. The smallest absolute Gasteiger partial charge is 0.325 e. The molecule has 1 N–H and O–H groups in total. The van der Waals surface area contributed by atoms with E-state index in [1.54, 1.807) is 11.0 Å². The number of benzene rings is 2. The van der Waals surface area contributed by atoms with Crippen molar-refractivity contribution in [2.75, 3.05) is 26.3 Å². The van der Waals surface area contributed by atoms with E-state index in [-0.39, 0.29) is 11.6 Å². The van der Waals surface area contributed by atoms with Crippen molar-refractivity contribution in [3.63, 3.8) is 0 Å². The Kier molecular flexibility index (Phi) is 5.38. The molecule has 2 fully saturated rings. The number of amides is 4. The van der Waals surface area contributed by atoms with Crippen LogP contribution in [-0.4, -0.2) is 53.9 Å². The van der Waals surface area contributed by atoms with E-state index in [0.29, 0.717) is 31.3 Å². The second kappa shape index (κ2) is 8.27. The zero-order chi connectivity index (χ0) is 24.0. The van der Waals surface area contributed by atoms with Crippen molar-refractivity contribution < 1.29 is 32.6 Å². The molecule has 8 nitrogen and oxygen atoms in total. The molecule has 5 rings (SSSR count). The van der Waals surface area contributed by atoms with Gasteiger partial charge in [-0.05, 0) is 55.7 Å². The maximum Gasteiger partial charge on any atom is 0.325 e. The molecule has 10 heteroatoms. The molecule has 178 valence electrons. The van der Waals surface area contributed by atoms with E-state index >= 15 is 0 Å². The Morgan fingerprint density at radius 2 is 1.88 bits per heavy atom. The molecule has 0 radical (unpaired) electrons. The van der Waals surface area contributed by atoms with Crippen LogP contribution in [0.1, 0.15) is 36.9 Å². The minimum Gasteiger partial charge on any atom is -0.486 e. The van der Waals surface area contributed by atoms with Gasteiger partial charge < -0.3 is 19.7 Å². The third kappa shape index (κ3) is 3.63. The zero-order valence-electron chi connectivity index (χ0n) is 18.5. The fourth-order valence-corrected chi connectivity index (χ4v) is 4.81. The summed E-state index contributed by atoms with van der Waals surface area (Å²) in [5, 5.41) is 2.42. The van der Waals surface area contributed by atoms with Gasteiger partial charge in [-0.2, -0.15) is 0 Å². The summed E-state index contributed by atoms with van der Waals surface area (Å²) in [7, 11) is 0. The molecule has 3 aliphatic heterocycles. The number of carbonyl (C=O) groups excluding carboxylic acids is 3. The highest BCUT2D eigenvalue weighted by Crippen LogP contribution is 2.38. The highest BCUT2D eigenvalue weighted by molar-refractivity contribution is 6.09. The average molecular weight is 471 g/mol. The minimum atomic E-state index is -1.82. The predicted octanol–water partition coefficient (Wildman–Crippen LogP) is 2.87. The highest BCUT2D eigenvalue weighted by atomic mass is 19.1. The van der Waals surface area contributed by atoms with E-state index in [9.17, 15) is 23.2 Å². The first-order chi connectivity index (χ1) is 16.3. The molecule has 34 heavy (non-hydrogen) atoms. The molecule has 2 saturated heterocycles. The lowest BCUT2D eigenvalue weighted by molar-refractivity contribution is -0.139. The number of imide groups is 1. The second-order valence-electron chi connectivity index (χ2n) is 8.72. The summed E-state index contributed by atoms with van der Waals surface area (Å²) in [6, 6.07) is 7.15. The van der Waals surface area contributed by atoms with Gasteiger partial charge >= 0.3 is 6.03 Å². The maximum atomic E-state index is 14.4. The normalized spacial score (nSPS) is 23.9. The van der Waals surface area contributed by atoms with Crippen molar-refractivity contribution in [3.05, 3.63) is 59.2 Å². The van der Waals surface area contributed by atoms with E-state index in [1.165, 1.54) is 6.92 Å². The van der Waals surface area contributed by atoms with Crippen LogP contribution in [0.25, 0.3) is 0 Å². The number of nitrogens with zero attached hydrogens (tertiary/aromatic N) is 2. The molecule has 0 aliphatic carbocycles. The molecule has 4 amide bonds. The second-order valence-corrected chi connectivity index (χ2v) is 8.72. The van der Waals surface area contributed by atoms with Crippen molar-refractivity contribution in [1.29, 1.82) is 0 Å². The van der Waals surface area contributed by atoms with Crippen molar-refractivity contribution in [3.8, 4) is 11.5 Å². The average Bonchev–Trinajstić information content (AvgIpc) is 3.40. The van der Waals surface area contributed by atoms with Crippen LogP contribution >= 0.6 is 0 Å². The molecule has 3 aliphatic rings. The molecule has 0 bridgehead atoms. The first-order valence-electron chi connectivity index (χ1n) is 11.1. The third-order valence-corrected chi connectivity index (χ3v) is 6.56. The van der Waals surface area contributed by atoms with Gasteiger partial charge in [0.25, 0.3) is 5.91 Å². The summed E-state index contributed by atoms with van der Waals surface area (Å²) >= 11 is 0. The summed E-state index contributed by atoms with van der Waals surface area (Å²) in [6.07, 6.45) is 1.48. The lowest BCUT2D eigenvalue weighted by Gasteiger charge is -2.28. The van der Waals surface area contributed by atoms with Gasteiger partial charge in [-0.3, -0.25) is 14.5 Å². The lowest BCUT2D eigenvalue weighted by Crippen LogP contribution is -2.44. The number of carbonyl (C=O) groups is 3. The number of hydrogen-bond acceptors (Lipinski definition) is 5. The minimum absolute atomic E-state index is 0.240. The largest absolute Gasteiger partial charge is 0.486 e. The molecule has 0 aromatic heterocycles. The molecular weight excluding hydrogens is 448 g/mol. The molecule has 0 saturated carbocycles. The summed E-state index contributed by atoms with van der Waals surface area (Å²) in [5.74, 6) is -1.54. The molecule has 2 atom stereocenters. The SMILES string of the molecule is C[C@]1(c2cc(F)ccc2F)NC(=O)N(CC(=O)N2CCC[C@H]2c2ccc3c(c2)OCCO3)C1=O. The van der Waals surface area contributed by atoms with Crippen LogP contribution in [0.15, 0.2) is 36.4 Å². The summed E-state index contributed by atoms with van der Waals surface area (Å²) in [6.45, 7) is 2.18. The summed E-state index contributed by atoms with van der Waals surface area (Å²) in [4.78, 5) is 41.3. The fourth-order valence-electron chi connectivity index (χ4n) is 4.81. The summed E-state index contributed by atoms with van der Waals surface area (Å²) < 4.78 is 39.3. The maximum absolute atomic E-state index is 14.4. The Morgan fingerprint density at radius 3 is 2.68 bits per heavy atom. The van der Waals surface area contributed by atoms with E-state index in [2.05, 4.69) is 5.32 Å². The summed E-state index contributed by atoms with van der Waals surface area (Å²) in [5.41, 5.74) is -1.24. The fraction of sp³-hybridized carbons (Fsp3) is 0.375. The lowest BCUT2D eigenvalue weighted by atomic mass is 9.91. The predicted molar refractivity (Wildman–Crippen MR) is 115 cm³/mol. The van der Waals surface area contributed by atoms with E-state index in [4.69, 9.17) is 9.47 Å². The Hall–Kier alpha value is -3.69. The van der Waals surface area contributed by atoms with Gasteiger partial charge in [0.05, 0.1) is 6.04 Å². The Labute approximate surface area is 194 Å². The zero-order valence-corrected chi connectivity index (χ0v) is 18.5. The number of hydrogen-bond donors (Lipinski definition) is 1. The molecule has 2 aromatic rings. The van der Waals surface area contributed by atoms with Gasteiger partial charge in [-0.1, -0.05) is 6.07 Å². The first-order valence-corrected chi connectivity index (χ1v) is 11.1. The molecule has 0 unspecified atom stereocenters. The Balaban J connectivity index is 1.35. The molecule has 3 heterocycles. The van der Waals surface area contributed by atoms with Crippen LogP contribution in [0.5, 0.6) is 11.5 Å². The number of rotatable bonds is 4. The van der Waals surface area contributed by atoms with Crippen LogP contribution < -0.4 is 14.8 Å². The molecule has 2 aromatic carbocycles.